The topological polar surface area (TPSA) is 42.0 Å². The van der Waals surface area contributed by atoms with E-state index in [1.807, 2.05) is 48.5 Å². The highest BCUT2D eigenvalue weighted by molar-refractivity contribution is 6.36. The number of nitrogens with zero attached hydrogens (tertiary/aromatic N) is 1. The summed E-state index contributed by atoms with van der Waals surface area (Å²) in [4.78, 5) is 15.6. The fourth-order valence-electron chi connectivity index (χ4n) is 2.91. The van der Waals surface area contributed by atoms with Crippen LogP contribution in [0.3, 0.4) is 0 Å². The van der Waals surface area contributed by atoms with E-state index in [1.165, 1.54) is 0 Å². The molecule has 23 heavy (non-hydrogen) atoms. The van der Waals surface area contributed by atoms with Crippen LogP contribution in [0.2, 0.25) is 5.02 Å². The summed E-state index contributed by atoms with van der Waals surface area (Å²) in [6.07, 6.45) is 3.93. The van der Waals surface area contributed by atoms with Crippen molar-refractivity contribution in [1.29, 1.82) is 0 Å². The first kappa shape index (κ1) is 14.0. The SMILES string of the molecule is O=C1Cc2cc(-c3cccc(-c4ccncc4)c3Cl)ccc2N1. The lowest BCUT2D eigenvalue weighted by Crippen LogP contribution is -2.03. The molecule has 0 unspecified atom stereocenters. The van der Waals surface area contributed by atoms with E-state index in [4.69, 9.17) is 11.6 Å². The second-order valence-electron chi connectivity index (χ2n) is 5.50. The van der Waals surface area contributed by atoms with Crippen LogP contribution in [-0.4, -0.2) is 10.9 Å². The van der Waals surface area contributed by atoms with E-state index in [9.17, 15) is 4.79 Å². The second kappa shape index (κ2) is 5.52. The number of anilines is 1. The predicted molar refractivity (Wildman–Crippen MR) is 92.5 cm³/mol. The van der Waals surface area contributed by atoms with E-state index in [2.05, 4.69) is 10.3 Å². The molecule has 1 aromatic heterocycles. The summed E-state index contributed by atoms with van der Waals surface area (Å²) in [5.41, 5.74) is 5.88. The number of aromatic nitrogens is 1. The van der Waals surface area contributed by atoms with E-state index >= 15 is 0 Å². The molecule has 0 atom stereocenters. The van der Waals surface area contributed by atoms with Gasteiger partial charge in [0.25, 0.3) is 0 Å². The van der Waals surface area contributed by atoms with Gasteiger partial charge in [0.1, 0.15) is 0 Å². The highest BCUT2D eigenvalue weighted by Gasteiger charge is 2.18. The van der Waals surface area contributed by atoms with Crippen LogP contribution in [-0.2, 0) is 11.2 Å². The Kier molecular flexibility index (Phi) is 3.36. The molecule has 0 spiro atoms. The van der Waals surface area contributed by atoms with Gasteiger partial charge < -0.3 is 5.32 Å². The predicted octanol–water partition coefficient (Wildman–Crippen LogP) is 4.56. The van der Waals surface area contributed by atoms with Crippen molar-refractivity contribution in [2.24, 2.45) is 0 Å². The molecule has 4 rings (SSSR count). The van der Waals surface area contributed by atoms with Gasteiger partial charge in [-0.05, 0) is 41.0 Å². The van der Waals surface area contributed by atoms with Crippen LogP contribution in [0.25, 0.3) is 22.3 Å². The Morgan fingerprint density at radius 1 is 0.957 bits per heavy atom. The van der Waals surface area contributed by atoms with Gasteiger partial charge in [0, 0.05) is 29.2 Å². The average molecular weight is 321 g/mol. The third kappa shape index (κ3) is 2.49. The highest BCUT2D eigenvalue weighted by atomic mass is 35.5. The number of amides is 1. The first-order chi connectivity index (χ1) is 11.2. The summed E-state index contributed by atoms with van der Waals surface area (Å²) in [5.74, 6) is 0.0359. The molecule has 1 amide bonds. The molecule has 112 valence electrons. The Labute approximate surface area is 139 Å². The van der Waals surface area contributed by atoms with Gasteiger partial charge in [0.2, 0.25) is 5.91 Å². The number of nitrogens with one attached hydrogen (secondary N) is 1. The van der Waals surface area contributed by atoms with Crippen molar-refractivity contribution in [3.05, 3.63) is 71.5 Å². The molecule has 4 heteroatoms. The molecular formula is C19H13ClN2O. The van der Waals surface area contributed by atoms with E-state index in [1.54, 1.807) is 12.4 Å². The van der Waals surface area contributed by atoms with Crippen molar-refractivity contribution >= 4 is 23.2 Å². The summed E-state index contributed by atoms with van der Waals surface area (Å²) in [5, 5.41) is 3.55. The molecule has 0 saturated carbocycles. The molecule has 1 aliphatic heterocycles. The van der Waals surface area contributed by atoms with E-state index in [0.717, 1.165) is 33.5 Å². The van der Waals surface area contributed by atoms with Crippen molar-refractivity contribution < 1.29 is 4.79 Å². The molecule has 2 heterocycles. The van der Waals surface area contributed by atoms with Crippen LogP contribution in [0.15, 0.2) is 60.9 Å². The molecule has 3 aromatic rings. The number of hydrogen-bond acceptors (Lipinski definition) is 2. The van der Waals surface area contributed by atoms with Gasteiger partial charge >= 0.3 is 0 Å². The quantitative estimate of drug-likeness (QED) is 0.752. The minimum atomic E-state index is 0.0359. The van der Waals surface area contributed by atoms with Crippen molar-refractivity contribution in [2.75, 3.05) is 5.32 Å². The number of benzene rings is 2. The Balaban J connectivity index is 1.82. The van der Waals surface area contributed by atoms with Gasteiger partial charge in [-0.15, -0.1) is 0 Å². The first-order valence-electron chi connectivity index (χ1n) is 7.34. The fraction of sp³-hybridized carbons (Fsp3) is 0.0526. The fourth-order valence-corrected chi connectivity index (χ4v) is 3.25. The minimum Gasteiger partial charge on any atom is -0.326 e. The molecule has 0 aliphatic carbocycles. The van der Waals surface area contributed by atoms with Crippen LogP contribution in [0, 0.1) is 0 Å². The molecule has 0 fully saturated rings. The molecule has 1 aliphatic rings. The van der Waals surface area contributed by atoms with Crippen LogP contribution in [0.1, 0.15) is 5.56 Å². The van der Waals surface area contributed by atoms with Crippen molar-refractivity contribution in [2.45, 2.75) is 6.42 Å². The third-order valence-corrected chi connectivity index (χ3v) is 4.44. The number of fused-ring (bicyclic) bond motifs is 1. The van der Waals surface area contributed by atoms with Crippen molar-refractivity contribution in [3.8, 4) is 22.3 Å². The number of pyridine rings is 1. The van der Waals surface area contributed by atoms with E-state index < -0.39 is 0 Å². The zero-order valence-electron chi connectivity index (χ0n) is 12.2. The summed E-state index contributed by atoms with van der Waals surface area (Å²) >= 11 is 6.65. The van der Waals surface area contributed by atoms with Crippen molar-refractivity contribution in [1.82, 2.24) is 4.98 Å². The Hall–Kier alpha value is -2.65. The van der Waals surface area contributed by atoms with Gasteiger partial charge in [0.15, 0.2) is 0 Å². The second-order valence-corrected chi connectivity index (χ2v) is 5.88. The summed E-state index contributed by atoms with van der Waals surface area (Å²) in [6, 6.07) is 15.8. The average Bonchev–Trinajstić information content (AvgIpc) is 2.95. The summed E-state index contributed by atoms with van der Waals surface area (Å²) in [7, 11) is 0. The minimum absolute atomic E-state index is 0.0359. The van der Waals surface area contributed by atoms with Crippen LogP contribution >= 0.6 is 11.6 Å². The number of carbonyl (C=O) groups is 1. The number of hydrogen-bond donors (Lipinski definition) is 1. The maximum atomic E-state index is 11.5. The van der Waals surface area contributed by atoms with Gasteiger partial charge in [-0.25, -0.2) is 0 Å². The smallest absolute Gasteiger partial charge is 0.228 e. The Bertz CT molecular complexity index is 906. The maximum Gasteiger partial charge on any atom is 0.228 e. The van der Waals surface area contributed by atoms with Gasteiger partial charge in [0.05, 0.1) is 11.4 Å². The lowest BCUT2D eigenvalue weighted by Gasteiger charge is -2.11. The molecule has 0 bridgehead atoms. The zero-order valence-corrected chi connectivity index (χ0v) is 13.0. The largest absolute Gasteiger partial charge is 0.326 e. The molecule has 1 N–H and O–H groups in total. The first-order valence-corrected chi connectivity index (χ1v) is 7.72. The van der Waals surface area contributed by atoms with Gasteiger partial charge in [-0.2, -0.15) is 0 Å². The van der Waals surface area contributed by atoms with Gasteiger partial charge in [-0.3, -0.25) is 9.78 Å². The maximum absolute atomic E-state index is 11.5. The van der Waals surface area contributed by atoms with Crippen LogP contribution < -0.4 is 5.32 Å². The number of halogens is 1. The normalized spacial score (nSPS) is 12.8. The molecule has 0 saturated heterocycles. The number of rotatable bonds is 2. The lowest BCUT2D eigenvalue weighted by atomic mass is 9.97. The Morgan fingerprint density at radius 2 is 1.70 bits per heavy atom. The third-order valence-electron chi connectivity index (χ3n) is 4.03. The van der Waals surface area contributed by atoms with E-state index in [-0.39, 0.29) is 5.91 Å². The van der Waals surface area contributed by atoms with Gasteiger partial charge in [-0.1, -0.05) is 35.9 Å². The van der Waals surface area contributed by atoms with Crippen LogP contribution in [0.5, 0.6) is 0 Å². The molecule has 0 radical (unpaired) electrons. The molecule has 3 nitrogen and oxygen atoms in total. The Morgan fingerprint density at radius 3 is 2.48 bits per heavy atom. The number of carbonyl (C=O) groups excluding carboxylic acids is 1. The highest BCUT2D eigenvalue weighted by Crippen LogP contribution is 2.38. The van der Waals surface area contributed by atoms with E-state index in [0.29, 0.717) is 11.4 Å². The van der Waals surface area contributed by atoms with Crippen molar-refractivity contribution in [3.63, 3.8) is 0 Å². The zero-order chi connectivity index (χ0) is 15.8. The standard InChI is InChI=1S/C19H13ClN2O/c20-19-15(12-6-8-21-9-7-12)2-1-3-16(19)13-4-5-17-14(10-13)11-18(23)22-17/h1-10H,11H2,(H,22,23). The summed E-state index contributed by atoms with van der Waals surface area (Å²) in [6.45, 7) is 0. The monoisotopic (exact) mass is 320 g/mol. The molecule has 2 aromatic carbocycles. The lowest BCUT2D eigenvalue weighted by molar-refractivity contribution is -0.115. The molecular weight excluding hydrogens is 308 g/mol. The summed E-state index contributed by atoms with van der Waals surface area (Å²) < 4.78 is 0. The van der Waals surface area contributed by atoms with Crippen LogP contribution in [0.4, 0.5) is 5.69 Å².